The van der Waals surface area contributed by atoms with E-state index in [2.05, 4.69) is 66.0 Å². The van der Waals surface area contributed by atoms with E-state index < -0.39 is 0 Å². The first-order valence-electron chi connectivity index (χ1n) is 11.3. The molecule has 1 N–H and O–H groups in total. The SMILES string of the molecule is Clc1ccc2nc3c(c(Nc4ccc5ccc6cccc7ccc4c5c67)c2c1)CCCC3. The van der Waals surface area contributed by atoms with Gasteiger partial charge < -0.3 is 5.32 Å². The number of hydrogen-bond acceptors (Lipinski definition) is 2. The second-order valence-corrected chi connectivity index (χ2v) is 9.31. The van der Waals surface area contributed by atoms with Crippen LogP contribution in [-0.2, 0) is 12.8 Å². The summed E-state index contributed by atoms with van der Waals surface area (Å²) in [6.07, 6.45) is 4.51. The van der Waals surface area contributed by atoms with Gasteiger partial charge >= 0.3 is 0 Å². The number of nitrogens with zero attached hydrogens (tertiary/aromatic N) is 1. The fourth-order valence-electron chi connectivity index (χ4n) is 5.52. The number of hydrogen-bond donors (Lipinski definition) is 1. The highest BCUT2D eigenvalue weighted by Gasteiger charge is 2.20. The van der Waals surface area contributed by atoms with Gasteiger partial charge in [0.25, 0.3) is 0 Å². The van der Waals surface area contributed by atoms with E-state index in [1.807, 2.05) is 12.1 Å². The van der Waals surface area contributed by atoms with Crippen molar-refractivity contribution in [1.29, 1.82) is 0 Å². The molecular weight excluding hydrogens is 412 g/mol. The molecule has 0 fully saturated rings. The van der Waals surface area contributed by atoms with Gasteiger partial charge in [-0.05, 0) is 82.4 Å². The normalized spacial score (nSPS) is 13.9. The maximum absolute atomic E-state index is 6.42. The number of anilines is 2. The molecule has 1 aliphatic rings. The summed E-state index contributed by atoms with van der Waals surface area (Å²) in [7, 11) is 0. The molecule has 0 unspecified atom stereocenters. The number of rotatable bonds is 2. The van der Waals surface area contributed by atoms with Crippen LogP contribution in [0.3, 0.4) is 0 Å². The highest BCUT2D eigenvalue weighted by atomic mass is 35.5. The summed E-state index contributed by atoms with van der Waals surface area (Å²) < 4.78 is 0. The quantitative estimate of drug-likeness (QED) is 0.278. The molecule has 154 valence electrons. The fourth-order valence-corrected chi connectivity index (χ4v) is 5.69. The van der Waals surface area contributed by atoms with Crippen molar-refractivity contribution in [1.82, 2.24) is 4.98 Å². The van der Waals surface area contributed by atoms with E-state index in [0.29, 0.717) is 0 Å². The van der Waals surface area contributed by atoms with Crippen molar-refractivity contribution in [3.8, 4) is 0 Å². The van der Waals surface area contributed by atoms with E-state index >= 15 is 0 Å². The van der Waals surface area contributed by atoms with Gasteiger partial charge in [-0.1, -0.05) is 60.1 Å². The molecule has 0 atom stereocenters. The lowest BCUT2D eigenvalue weighted by atomic mass is 9.91. The van der Waals surface area contributed by atoms with Crippen LogP contribution in [0.25, 0.3) is 43.2 Å². The zero-order chi connectivity index (χ0) is 21.2. The maximum Gasteiger partial charge on any atom is 0.0727 e. The highest BCUT2D eigenvalue weighted by Crippen LogP contribution is 2.41. The summed E-state index contributed by atoms with van der Waals surface area (Å²) in [6, 6.07) is 26.0. The van der Waals surface area contributed by atoms with Crippen LogP contribution in [0.1, 0.15) is 24.1 Å². The Hall–Kier alpha value is -3.36. The Morgan fingerprint density at radius 3 is 2.34 bits per heavy atom. The Labute approximate surface area is 191 Å². The van der Waals surface area contributed by atoms with Crippen LogP contribution in [0.5, 0.6) is 0 Å². The fraction of sp³-hybridized carbons (Fsp3) is 0.138. The number of aromatic nitrogens is 1. The molecule has 0 amide bonds. The number of nitrogens with one attached hydrogen (secondary N) is 1. The standard InChI is InChI=1S/C29H21ClN2/c30-20-12-15-26-23(16-20)29(22-6-1-2-7-24(22)31-26)32-25-14-11-19-9-8-17-4-3-5-18-10-13-21(25)28(19)27(17)18/h3-5,8-16H,1-2,6-7H2,(H,31,32). The minimum atomic E-state index is 0.744. The molecule has 0 saturated carbocycles. The zero-order valence-corrected chi connectivity index (χ0v) is 18.3. The molecule has 32 heavy (non-hydrogen) atoms. The second-order valence-electron chi connectivity index (χ2n) is 8.87. The largest absolute Gasteiger partial charge is 0.354 e. The Kier molecular flexibility index (Phi) is 3.88. The third kappa shape index (κ3) is 2.63. The number of fused-ring (bicyclic) bond motifs is 2. The second kappa shape index (κ2) is 6.82. The van der Waals surface area contributed by atoms with Crippen molar-refractivity contribution in [2.75, 3.05) is 5.32 Å². The smallest absolute Gasteiger partial charge is 0.0727 e. The van der Waals surface area contributed by atoms with Crippen molar-refractivity contribution in [2.24, 2.45) is 0 Å². The highest BCUT2D eigenvalue weighted by molar-refractivity contribution is 6.31. The van der Waals surface area contributed by atoms with Gasteiger partial charge in [0.2, 0.25) is 0 Å². The zero-order valence-electron chi connectivity index (χ0n) is 17.6. The van der Waals surface area contributed by atoms with Gasteiger partial charge in [0.05, 0.1) is 11.2 Å². The Bertz CT molecular complexity index is 1650. The van der Waals surface area contributed by atoms with Crippen molar-refractivity contribution in [3.05, 3.63) is 89.1 Å². The molecule has 1 aromatic heterocycles. The first kappa shape index (κ1) is 18.2. The minimum Gasteiger partial charge on any atom is -0.354 e. The van der Waals surface area contributed by atoms with E-state index in [0.717, 1.165) is 34.5 Å². The first-order chi connectivity index (χ1) is 15.8. The van der Waals surface area contributed by atoms with Gasteiger partial charge in [-0.3, -0.25) is 4.98 Å². The first-order valence-corrected chi connectivity index (χ1v) is 11.7. The Balaban J connectivity index is 1.52. The Morgan fingerprint density at radius 1 is 0.719 bits per heavy atom. The van der Waals surface area contributed by atoms with Crippen molar-refractivity contribution < 1.29 is 0 Å². The number of aryl methyl sites for hydroxylation is 1. The topological polar surface area (TPSA) is 24.9 Å². The molecular formula is C29H21ClN2. The van der Waals surface area contributed by atoms with Crippen LogP contribution in [0.4, 0.5) is 11.4 Å². The molecule has 1 aliphatic carbocycles. The molecule has 0 aliphatic heterocycles. The molecule has 0 spiro atoms. The third-order valence-electron chi connectivity index (χ3n) is 7.01. The lowest BCUT2D eigenvalue weighted by Gasteiger charge is -2.23. The molecule has 2 nitrogen and oxygen atoms in total. The molecule has 0 bridgehead atoms. The van der Waals surface area contributed by atoms with Crippen LogP contribution in [0.2, 0.25) is 5.02 Å². The van der Waals surface area contributed by atoms with Crippen LogP contribution in [0.15, 0.2) is 72.8 Å². The number of benzene rings is 5. The van der Waals surface area contributed by atoms with Gasteiger partial charge in [-0.25, -0.2) is 0 Å². The number of pyridine rings is 1. The summed E-state index contributed by atoms with van der Waals surface area (Å²) in [5.41, 5.74) is 5.89. The van der Waals surface area contributed by atoms with Crippen LogP contribution in [0, 0.1) is 0 Å². The summed E-state index contributed by atoms with van der Waals surface area (Å²) in [5.74, 6) is 0. The third-order valence-corrected chi connectivity index (χ3v) is 7.25. The van der Waals surface area contributed by atoms with E-state index in [1.165, 1.54) is 62.1 Å². The van der Waals surface area contributed by atoms with Gasteiger partial charge in [0.15, 0.2) is 0 Å². The minimum absolute atomic E-state index is 0.744. The van der Waals surface area contributed by atoms with Crippen molar-refractivity contribution in [3.63, 3.8) is 0 Å². The monoisotopic (exact) mass is 432 g/mol. The summed E-state index contributed by atoms with van der Waals surface area (Å²) in [4.78, 5) is 4.99. The summed E-state index contributed by atoms with van der Waals surface area (Å²) in [5, 5.41) is 13.5. The summed E-state index contributed by atoms with van der Waals surface area (Å²) >= 11 is 6.42. The lowest BCUT2D eigenvalue weighted by Crippen LogP contribution is -2.09. The molecule has 5 aromatic carbocycles. The van der Waals surface area contributed by atoms with Crippen molar-refractivity contribution >= 4 is 66.2 Å². The van der Waals surface area contributed by atoms with Crippen LogP contribution >= 0.6 is 11.6 Å². The number of halogens is 1. The van der Waals surface area contributed by atoms with E-state index in [9.17, 15) is 0 Å². The predicted octanol–water partition coefficient (Wildman–Crippen LogP) is 8.41. The summed E-state index contributed by atoms with van der Waals surface area (Å²) in [6.45, 7) is 0. The van der Waals surface area contributed by atoms with E-state index in [1.54, 1.807) is 0 Å². The van der Waals surface area contributed by atoms with Gasteiger partial charge in [0.1, 0.15) is 0 Å². The van der Waals surface area contributed by atoms with E-state index in [-0.39, 0.29) is 0 Å². The van der Waals surface area contributed by atoms with Crippen molar-refractivity contribution in [2.45, 2.75) is 25.7 Å². The van der Waals surface area contributed by atoms with E-state index in [4.69, 9.17) is 16.6 Å². The van der Waals surface area contributed by atoms with Gasteiger partial charge in [-0.15, -0.1) is 0 Å². The molecule has 6 aromatic rings. The maximum atomic E-state index is 6.42. The lowest BCUT2D eigenvalue weighted by molar-refractivity contribution is 0.672. The van der Waals surface area contributed by atoms with Gasteiger partial charge in [0, 0.05) is 27.2 Å². The predicted molar refractivity (Wildman–Crippen MR) is 137 cm³/mol. The average molecular weight is 433 g/mol. The molecule has 1 heterocycles. The molecule has 0 saturated heterocycles. The van der Waals surface area contributed by atoms with Crippen LogP contribution < -0.4 is 5.32 Å². The Morgan fingerprint density at radius 2 is 1.47 bits per heavy atom. The molecule has 7 rings (SSSR count). The van der Waals surface area contributed by atoms with Gasteiger partial charge in [-0.2, -0.15) is 0 Å². The average Bonchev–Trinajstić information content (AvgIpc) is 2.83. The molecule has 0 radical (unpaired) electrons. The molecule has 3 heteroatoms. The van der Waals surface area contributed by atoms with Crippen LogP contribution in [-0.4, -0.2) is 4.98 Å².